The van der Waals surface area contributed by atoms with E-state index in [0.717, 1.165) is 30.7 Å². The lowest BCUT2D eigenvalue weighted by Gasteiger charge is -2.22. The fraction of sp³-hybridized carbons (Fsp3) is 0.333. The molecule has 1 aliphatic rings. The summed E-state index contributed by atoms with van der Waals surface area (Å²) in [6.07, 6.45) is 3.56. The molecule has 3 aromatic rings. The number of benzene rings is 2. The topological polar surface area (TPSA) is 62.2 Å². The Morgan fingerprint density at radius 1 is 1.15 bits per heavy atom. The summed E-state index contributed by atoms with van der Waals surface area (Å²) in [6.45, 7) is 6.40. The van der Waals surface area contributed by atoms with E-state index in [2.05, 4.69) is 36.0 Å². The van der Waals surface area contributed by atoms with Crippen LogP contribution in [-0.2, 0) is 0 Å². The Morgan fingerprint density at radius 2 is 1.87 bits per heavy atom. The number of hydrogen-bond donors (Lipinski definition) is 2. The second-order valence-electron chi connectivity index (χ2n) is 9.32. The van der Waals surface area contributed by atoms with E-state index in [-0.39, 0.29) is 29.0 Å². The van der Waals surface area contributed by atoms with Crippen LogP contribution >= 0.6 is 23.4 Å². The van der Waals surface area contributed by atoms with Gasteiger partial charge >= 0.3 is 0 Å². The highest BCUT2D eigenvalue weighted by molar-refractivity contribution is 8.00. The van der Waals surface area contributed by atoms with Crippen LogP contribution in [0.3, 0.4) is 0 Å². The zero-order valence-electron chi connectivity index (χ0n) is 21.8. The standard InChI is InChI=1S/C21H21ClF3NO2S.C9H9N/c1-10-5-13(9-27)20(11(10)2)29-18-6-12(3-4-15(18)22)21(28)26-14-7-16(23)19(25)17(24)8-14;1-2-3-6-9-7-4-5-8-10-9/h3-4,6-8,10-11,13,20,27H,5,9H2,1-2H3,(H,26,28);4-5,7-8H,2H2,1H3/t10-,11?,13?,20?;/m0./s1. The summed E-state index contributed by atoms with van der Waals surface area (Å²) in [5.74, 6) is 1.92. The average Bonchev–Trinajstić information content (AvgIpc) is 3.20. The predicted octanol–water partition coefficient (Wildman–Crippen LogP) is 7.60. The zero-order valence-corrected chi connectivity index (χ0v) is 23.4. The third-order valence-corrected chi connectivity index (χ3v) is 8.67. The van der Waals surface area contributed by atoms with Crippen molar-refractivity contribution in [2.75, 3.05) is 11.9 Å². The smallest absolute Gasteiger partial charge is 0.255 e. The predicted molar refractivity (Wildman–Crippen MR) is 150 cm³/mol. The summed E-state index contributed by atoms with van der Waals surface area (Å²) in [4.78, 5) is 17.3. The van der Waals surface area contributed by atoms with Crippen LogP contribution in [-0.4, -0.2) is 27.9 Å². The van der Waals surface area contributed by atoms with Crippen molar-refractivity contribution in [3.8, 4) is 11.8 Å². The number of aliphatic hydroxyl groups is 1. The summed E-state index contributed by atoms with van der Waals surface area (Å²) in [5.41, 5.74) is 0.916. The molecule has 4 atom stereocenters. The average molecular weight is 575 g/mol. The zero-order chi connectivity index (χ0) is 28.5. The lowest BCUT2D eigenvalue weighted by atomic mass is 10.0. The van der Waals surface area contributed by atoms with Gasteiger partial charge in [0.15, 0.2) is 17.5 Å². The van der Waals surface area contributed by atoms with Crippen LogP contribution in [0.2, 0.25) is 5.02 Å². The number of nitrogens with one attached hydrogen (secondary N) is 1. The SMILES string of the molecule is CC1C(Sc2cc(C(=O)Nc3cc(F)c(F)c(F)c3)ccc2Cl)C(CO)C[C@@H]1C.CCC#Cc1ccccn1. The number of thioether (sulfide) groups is 1. The van der Waals surface area contributed by atoms with E-state index in [4.69, 9.17) is 11.6 Å². The van der Waals surface area contributed by atoms with Gasteiger partial charge in [-0.15, -0.1) is 11.8 Å². The summed E-state index contributed by atoms with van der Waals surface area (Å²) in [7, 11) is 0. The third kappa shape index (κ3) is 8.25. The van der Waals surface area contributed by atoms with Crippen molar-refractivity contribution in [3.63, 3.8) is 0 Å². The summed E-state index contributed by atoms with van der Waals surface area (Å²) in [5, 5.41) is 12.7. The molecule has 1 aromatic heterocycles. The first-order valence-corrected chi connectivity index (χ1v) is 13.8. The number of nitrogens with zero attached hydrogens (tertiary/aromatic N) is 1. The minimum absolute atomic E-state index is 0.0891. The van der Waals surface area contributed by atoms with Crippen molar-refractivity contribution in [2.24, 2.45) is 17.8 Å². The van der Waals surface area contributed by atoms with Gasteiger partial charge in [-0.3, -0.25) is 4.79 Å². The van der Waals surface area contributed by atoms with Gasteiger partial charge in [0.25, 0.3) is 5.91 Å². The van der Waals surface area contributed by atoms with Crippen molar-refractivity contribution >= 4 is 35.0 Å². The van der Waals surface area contributed by atoms with Crippen LogP contribution in [0, 0.1) is 47.0 Å². The van der Waals surface area contributed by atoms with Crippen molar-refractivity contribution in [3.05, 3.63) is 88.5 Å². The van der Waals surface area contributed by atoms with Gasteiger partial charge in [-0.05, 0) is 60.4 Å². The van der Waals surface area contributed by atoms with Gasteiger partial charge < -0.3 is 10.4 Å². The lowest BCUT2D eigenvalue weighted by molar-refractivity contribution is 0.102. The van der Waals surface area contributed by atoms with E-state index in [0.29, 0.717) is 21.8 Å². The van der Waals surface area contributed by atoms with Gasteiger partial charge in [-0.1, -0.05) is 44.4 Å². The largest absolute Gasteiger partial charge is 0.396 e. The fourth-order valence-corrected chi connectivity index (χ4v) is 6.08. The minimum Gasteiger partial charge on any atom is -0.396 e. The number of anilines is 1. The van der Waals surface area contributed by atoms with Gasteiger partial charge in [0.05, 0.1) is 5.02 Å². The quantitative estimate of drug-likeness (QED) is 0.243. The molecular formula is C30H30ClF3N2O2S. The van der Waals surface area contributed by atoms with E-state index >= 15 is 0 Å². The molecule has 0 aliphatic heterocycles. The Balaban J connectivity index is 0.000000353. The molecule has 4 nitrogen and oxygen atoms in total. The number of amides is 1. The van der Waals surface area contributed by atoms with Gasteiger partial charge in [0.1, 0.15) is 5.69 Å². The molecule has 0 spiro atoms. The summed E-state index contributed by atoms with van der Waals surface area (Å²) < 4.78 is 39.8. The number of carbonyl (C=O) groups excluding carboxylic acids is 1. The first-order valence-electron chi connectivity index (χ1n) is 12.6. The molecule has 1 fully saturated rings. The van der Waals surface area contributed by atoms with Crippen LogP contribution < -0.4 is 5.32 Å². The second-order valence-corrected chi connectivity index (χ2v) is 10.9. The molecule has 39 heavy (non-hydrogen) atoms. The van der Waals surface area contributed by atoms with Crippen LogP contribution in [0.15, 0.2) is 59.6 Å². The minimum atomic E-state index is -1.59. The molecule has 2 N–H and O–H groups in total. The van der Waals surface area contributed by atoms with Crippen LogP contribution in [0.1, 0.15) is 49.7 Å². The van der Waals surface area contributed by atoms with Crippen molar-refractivity contribution in [2.45, 2.75) is 43.8 Å². The van der Waals surface area contributed by atoms with Gasteiger partial charge in [0, 0.05) is 52.8 Å². The first kappa shape index (κ1) is 30.6. The summed E-state index contributed by atoms with van der Waals surface area (Å²) >= 11 is 7.84. The number of carbonyl (C=O) groups is 1. The number of halogens is 4. The Morgan fingerprint density at radius 3 is 2.49 bits per heavy atom. The molecule has 1 amide bonds. The van der Waals surface area contributed by atoms with E-state index in [9.17, 15) is 23.1 Å². The number of aromatic nitrogens is 1. The van der Waals surface area contributed by atoms with Gasteiger partial charge in [0.2, 0.25) is 0 Å². The lowest BCUT2D eigenvalue weighted by Crippen LogP contribution is -2.20. The van der Waals surface area contributed by atoms with Crippen molar-refractivity contribution in [1.82, 2.24) is 4.98 Å². The normalized spacial score (nSPS) is 19.9. The maximum Gasteiger partial charge on any atom is 0.255 e. The van der Waals surface area contributed by atoms with Gasteiger partial charge in [-0.2, -0.15) is 0 Å². The molecule has 0 bridgehead atoms. The molecule has 0 radical (unpaired) electrons. The molecule has 1 aliphatic carbocycles. The number of rotatable bonds is 5. The molecule has 206 valence electrons. The van der Waals surface area contributed by atoms with E-state index in [1.807, 2.05) is 25.1 Å². The van der Waals surface area contributed by atoms with E-state index in [1.165, 1.54) is 17.8 Å². The Labute approximate surface area is 236 Å². The molecule has 1 saturated carbocycles. The number of aliphatic hydroxyl groups excluding tert-OH is 1. The maximum atomic E-state index is 13.4. The van der Waals surface area contributed by atoms with Crippen LogP contribution in [0.25, 0.3) is 0 Å². The Bertz CT molecular complexity index is 1320. The van der Waals surface area contributed by atoms with E-state index < -0.39 is 23.4 Å². The summed E-state index contributed by atoms with van der Waals surface area (Å²) in [6, 6.07) is 11.9. The Kier molecular flexibility index (Phi) is 11.3. The van der Waals surface area contributed by atoms with E-state index in [1.54, 1.807) is 18.3 Å². The molecule has 2 aromatic carbocycles. The highest BCUT2D eigenvalue weighted by atomic mass is 35.5. The maximum absolute atomic E-state index is 13.4. The molecule has 4 rings (SSSR count). The molecule has 9 heteroatoms. The molecular weight excluding hydrogens is 545 g/mol. The second kappa shape index (κ2) is 14.4. The van der Waals surface area contributed by atoms with Crippen molar-refractivity contribution < 1.29 is 23.1 Å². The molecule has 1 heterocycles. The molecule has 3 unspecified atom stereocenters. The molecule has 0 saturated heterocycles. The van der Waals surface area contributed by atoms with Crippen LogP contribution in [0.5, 0.6) is 0 Å². The fourth-order valence-electron chi connectivity index (χ4n) is 4.29. The monoisotopic (exact) mass is 574 g/mol. The van der Waals surface area contributed by atoms with Crippen molar-refractivity contribution in [1.29, 1.82) is 0 Å². The van der Waals surface area contributed by atoms with Gasteiger partial charge in [-0.25, -0.2) is 18.2 Å². The third-order valence-electron chi connectivity index (χ3n) is 6.55. The number of pyridine rings is 1. The Hall–Kier alpha value is -2.99. The highest BCUT2D eigenvalue weighted by Crippen LogP contribution is 2.47. The van der Waals surface area contributed by atoms with Crippen LogP contribution in [0.4, 0.5) is 18.9 Å². The number of hydrogen-bond acceptors (Lipinski definition) is 4. The highest BCUT2D eigenvalue weighted by Gasteiger charge is 2.38. The first-order chi connectivity index (χ1) is 18.6.